The fourth-order valence-electron chi connectivity index (χ4n) is 1.27. The Balaban J connectivity index is 3.08. The Labute approximate surface area is 76.6 Å². The molecule has 0 spiro atoms. The molecule has 13 heavy (non-hydrogen) atoms. The molecule has 0 aliphatic carbocycles. The first-order valence-electron chi connectivity index (χ1n) is 4.00. The Hall–Kier alpha value is -1.35. The zero-order chi connectivity index (χ0) is 10.0. The van der Waals surface area contributed by atoms with Crippen LogP contribution in [0.5, 0.6) is 0 Å². The minimum Gasteiger partial charge on any atom is -0.479 e. The normalized spacial score (nSPS) is 12.5. The molecule has 0 saturated carbocycles. The molecule has 0 bridgehead atoms. The van der Waals surface area contributed by atoms with Crippen molar-refractivity contribution in [2.75, 3.05) is 0 Å². The maximum absolute atomic E-state index is 10.5. The van der Waals surface area contributed by atoms with Crippen LogP contribution in [0.3, 0.4) is 0 Å². The number of aliphatic hydroxyl groups is 1. The topological polar surface area (TPSA) is 57.5 Å². The molecule has 3 nitrogen and oxygen atoms in total. The van der Waals surface area contributed by atoms with Crippen molar-refractivity contribution in [1.82, 2.24) is 0 Å². The highest BCUT2D eigenvalue weighted by atomic mass is 16.4. The van der Waals surface area contributed by atoms with Crippen molar-refractivity contribution in [1.29, 1.82) is 0 Å². The van der Waals surface area contributed by atoms with Crippen LogP contribution in [0.1, 0.15) is 22.8 Å². The first-order chi connectivity index (χ1) is 6.02. The van der Waals surface area contributed by atoms with Crippen LogP contribution in [0, 0.1) is 13.8 Å². The van der Waals surface area contributed by atoms with Gasteiger partial charge in [0.1, 0.15) is 0 Å². The quantitative estimate of drug-likeness (QED) is 0.723. The highest BCUT2D eigenvalue weighted by Gasteiger charge is 2.17. The zero-order valence-electron chi connectivity index (χ0n) is 7.61. The number of benzene rings is 1. The van der Waals surface area contributed by atoms with Gasteiger partial charge in [-0.25, -0.2) is 4.79 Å². The summed E-state index contributed by atoms with van der Waals surface area (Å²) in [5, 5.41) is 17.8. The summed E-state index contributed by atoms with van der Waals surface area (Å²) in [6, 6.07) is 5.28. The Morgan fingerprint density at radius 1 is 1.38 bits per heavy atom. The molecule has 2 N–H and O–H groups in total. The molecule has 0 amide bonds. The lowest BCUT2D eigenvalue weighted by Gasteiger charge is -2.09. The average Bonchev–Trinajstić information content (AvgIpc) is 2.03. The second kappa shape index (κ2) is 3.58. The highest BCUT2D eigenvalue weighted by Crippen LogP contribution is 2.18. The third-order valence-corrected chi connectivity index (χ3v) is 1.95. The van der Waals surface area contributed by atoms with Gasteiger partial charge in [-0.15, -0.1) is 0 Å². The van der Waals surface area contributed by atoms with Crippen LogP contribution in [0.25, 0.3) is 0 Å². The fourth-order valence-corrected chi connectivity index (χ4v) is 1.27. The molecule has 1 aromatic rings. The van der Waals surface area contributed by atoms with Gasteiger partial charge < -0.3 is 10.2 Å². The van der Waals surface area contributed by atoms with E-state index in [1.807, 2.05) is 13.0 Å². The molecular weight excluding hydrogens is 168 g/mol. The van der Waals surface area contributed by atoms with Gasteiger partial charge in [-0.3, -0.25) is 0 Å². The van der Waals surface area contributed by atoms with Gasteiger partial charge in [-0.1, -0.05) is 23.8 Å². The SMILES string of the molecule is Cc1ccc([C@@H](O)C(=O)O)c(C)c1. The number of hydrogen-bond acceptors (Lipinski definition) is 2. The average molecular weight is 180 g/mol. The number of aryl methyl sites for hydroxylation is 2. The molecule has 0 heterocycles. The van der Waals surface area contributed by atoms with Crippen LogP contribution >= 0.6 is 0 Å². The van der Waals surface area contributed by atoms with Crippen molar-refractivity contribution < 1.29 is 15.0 Å². The van der Waals surface area contributed by atoms with Gasteiger partial charge in [0, 0.05) is 0 Å². The maximum atomic E-state index is 10.5. The molecule has 0 aliphatic rings. The van der Waals surface area contributed by atoms with Gasteiger partial charge in [0.05, 0.1) is 0 Å². The van der Waals surface area contributed by atoms with Gasteiger partial charge >= 0.3 is 5.97 Å². The number of carboxylic acids is 1. The molecule has 0 fully saturated rings. The molecule has 70 valence electrons. The summed E-state index contributed by atoms with van der Waals surface area (Å²) in [5.74, 6) is -1.22. The summed E-state index contributed by atoms with van der Waals surface area (Å²) in [6.07, 6.45) is -1.42. The summed E-state index contributed by atoms with van der Waals surface area (Å²) in [6.45, 7) is 3.71. The first-order valence-corrected chi connectivity index (χ1v) is 4.00. The van der Waals surface area contributed by atoms with Gasteiger partial charge in [-0.2, -0.15) is 0 Å². The molecule has 0 unspecified atom stereocenters. The van der Waals surface area contributed by atoms with Gasteiger partial charge in [0.15, 0.2) is 6.10 Å². The Kier molecular flexibility index (Phi) is 2.68. The molecule has 1 atom stereocenters. The van der Waals surface area contributed by atoms with E-state index in [1.54, 1.807) is 19.1 Å². The summed E-state index contributed by atoms with van der Waals surface area (Å²) in [4.78, 5) is 10.5. The van der Waals surface area contributed by atoms with Gasteiger partial charge in [0.2, 0.25) is 0 Å². The molecule has 0 aliphatic heterocycles. The second-order valence-corrected chi connectivity index (χ2v) is 3.10. The van der Waals surface area contributed by atoms with Gasteiger partial charge in [0.25, 0.3) is 0 Å². The van der Waals surface area contributed by atoms with Crippen molar-refractivity contribution in [2.24, 2.45) is 0 Å². The predicted octanol–water partition coefficient (Wildman–Crippen LogP) is 1.42. The van der Waals surface area contributed by atoms with Crippen LogP contribution in [-0.4, -0.2) is 16.2 Å². The molecule has 0 aromatic heterocycles. The minimum absolute atomic E-state index is 0.457. The van der Waals surface area contributed by atoms with E-state index in [0.29, 0.717) is 5.56 Å². The lowest BCUT2D eigenvalue weighted by atomic mass is 10.0. The summed E-state index contributed by atoms with van der Waals surface area (Å²) < 4.78 is 0. The van der Waals surface area contributed by atoms with Crippen LogP contribution in [0.15, 0.2) is 18.2 Å². The number of hydrogen-bond donors (Lipinski definition) is 2. The molecule has 0 radical (unpaired) electrons. The highest BCUT2D eigenvalue weighted by molar-refractivity contribution is 5.74. The second-order valence-electron chi connectivity index (χ2n) is 3.10. The first kappa shape index (κ1) is 9.74. The largest absolute Gasteiger partial charge is 0.479 e. The standard InChI is InChI=1S/C10H12O3/c1-6-3-4-8(7(2)5-6)9(11)10(12)13/h3-5,9,11H,1-2H3,(H,12,13)/t9-/m1/s1. The van der Waals surface area contributed by atoms with Crippen molar-refractivity contribution in [3.05, 3.63) is 34.9 Å². The van der Waals surface area contributed by atoms with Crippen molar-refractivity contribution >= 4 is 5.97 Å². The lowest BCUT2D eigenvalue weighted by molar-refractivity contribution is -0.147. The minimum atomic E-state index is -1.42. The Morgan fingerprint density at radius 2 is 2.00 bits per heavy atom. The van der Waals surface area contributed by atoms with Crippen LogP contribution in [-0.2, 0) is 4.79 Å². The monoisotopic (exact) mass is 180 g/mol. The Bertz CT molecular complexity index is 331. The lowest BCUT2D eigenvalue weighted by Crippen LogP contribution is -2.11. The molecular formula is C10H12O3. The smallest absolute Gasteiger partial charge is 0.337 e. The number of aliphatic hydroxyl groups excluding tert-OH is 1. The van der Waals surface area contributed by atoms with Crippen LogP contribution < -0.4 is 0 Å². The summed E-state index contributed by atoms with van der Waals surface area (Å²) in [5.41, 5.74) is 2.31. The fraction of sp³-hybridized carbons (Fsp3) is 0.300. The summed E-state index contributed by atoms with van der Waals surface area (Å²) >= 11 is 0. The molecule has 0 saturated heterocycles. The van der Waals surface area contributed by atoms with Crippen LogP contribution in [0.2, 0.25) is 0 Å². The van der Waals surface area contributed by atoms with Crippen molar-refractivity contribution in [3.63, 3.8) is 0 Å². The maximum Gasteiger partial charge on any atom is 0.337 e. The Morgan fingerprint density at radius 3 is 2.46 bits per heavy atom. The third-order valence-electron chi connectivity index (χ3n) is 1.95. The van der Waals surface area contributed by atoms with E-state index in [2.05, 4.69) is 0 Å². The third kappa shape index (κ3) is 2.06. The number of aliphatic carboxylic acids is 1. The van der Waals surface area contributed by atoms with E-state index in [9.17, 15) is 9.90 Å². The van der Waals surface area contributed by atoms with Crippen molar-refractivity contribution in [2.45, 2.75) is 20.0 Å². The molecule has 1 aromatic carbocycles. The van der Waals surface area contributed by atoms with E-state index in [-0.39, 0.29) is 0 Å². The van der Waals surface area contributed by atoms with E-state index in [1.165, 1.54) is 0 Å². The predicted molar refractivity (Wildman–Crippen MR) is 48.5 cm³/mol. The number of rotatable bonds is 2. The molecule has 1 rings (SSSR count). The van der Waals surface area contributed by atoms with E-state index in [0.717, 1.165) is 11.1 Å². The van der Waals surface area contributed by atoms with E-state index < -0.39 is 12.1 Å². The number of carbonyl (C=O) groups is 1. The van der Waals surface area contributed by atoms with E-state index in [4.69, 9.17) is 5.11 Å². The summed E-state index contributed by atoms with van der Waals surface area (Å²) in [7, 11) is 0. The van der Waals surface area contributed by atoms with Crippen molar-refractivity contribution in [3.8, 4) is 0 Å². The van der Waals surface area contributed by atoms with Gasteiger partial charge in [-0.05, 0) is 25.0 Å². The van der Waals surface area contributed by atoms with Crippen LogP contribution in [0.4, 0.5) is 0 Å². The number of carboxylic acid groups (broad SMARTS) is 1. The zero-order valence-corrected chi connectivity index (χ0v) is 7.61. The van der Waals surface area contributed by atoms with E-state index >= 15 is 0 Å². The molecule has 3 heteroatoms.